The number of rotatable bonds is 3. The Balaban J connectivity index is 3.88. The van der Waals surface area contributed by atoms with Gasteiger partial charge in [-0.1, -0.05) is 0 Å². The highest BCUT2D eigenvalue weighted by Crippen LogP contribution is 2.03. The number of carbonyl (C=O) groups is 1. The minimum atomic E-state index is -0.362. The van der Waals surface area contributed by atoms with Gasteiger partial charge in [0.15, 0.2) is 0 Å². The second kappa shape index (κ2) is 4.77. The molecule has 0 saturated heterocycles. The Morgan fingerprint density at radius 3 is 2.27 bits per heavy atom. The van der Waals surface area contributed by atoms with Crippen LogP contribution in [0.4, 0.5) is 0 Å². The minimum absolute atomic E-state index is 0.0283. The van der Waals surface area contributed by atoms with Crippen molar-refractivity contribution in [2.75, 3.05) is 0 Å². The molecule has 0 unspecified atom stereocenters. The van der Waals surface area contributed by atoms with E-state index in [9.17, 15) is 4.79 Å². The van der Waals surface area contributed by atoms with Gasteiger partial charge < -0.3 is 9.47 Å². The topological polar surface area (TPSA) is 35.5 Å². The lowest BCUT2D eigenvalue weighted by Crippen LogP contribution is -2.07. The molecule has 3 nitrogen and oxygen atoms in total. The molecular weight excluding hydrogens is 144 g/mol. The van der Waals surface area contributed by atoms with E-state index in [1.54, 1.807) is 13.0 Å². The highest BCUT2D eigenvalue weighted by atomic mass is 16.7. The molecule has 0 aromatic rings. The van der Waals surface area contributed by atoms with Crippen LogP contribution in [0.1, 0.15) is 27.7 Å². The van der Waals surface area contributed by atoms with Gasteiger partial charge in [-0.25, -0.2) is 0 Å². The molecule has 3 heteroatoms. The first-order chi connectivity index (χ1) is 5.06. The summed E-state index contributed by atoms with van der Waals surface area (Å²) in [6.07, 6.45) is 1.64. The highest BCUT2D eigenvalue weighted by molar-refractivity contribution is 5.66. The largest absolute Gasteiger partial charge is 0.463 e. The third kappa shape index (κ3) is 5.45. The van der Waals surface area contributed by atoms with Crippen LogP contribution in [-0.2, 0) is 14.3 Å². The molecule has 0 spiro atoms. The van der Waals surface area contributed by atoms with Crippen molar-refractivity contribution in [1.29, 1.82) is 0 Å². The Bertz CT molecular complexity index is 159. The summed E-state index contributed by atoms with van der Waals surface area (Å²) in [5.74, 6) is -0.0914. The zero-order valence-corrected chi connectivity index (χ0v) is 7.38. The lowest BCUT2D eigenvalue weighted by molar-refractivity contribution is -0.143. The first-order valence-electron chi connectivity index (χ1n) is 3.57. The second-order valence-corrected chi connectivity index (χ2v) is 2.37. The molecule has 0 heterocycles. The van der Waals surface area contributed by atoms with Crippen LogP contribution in [0.15, 0.2) is 12.0 Å². The number of allylic oxidation sites excluding steroid dienone is 1. The van der Waals surface area contributed by atoms with E-state index in [0.29, 0.717) is 0 Å². The third-order valence-electron chi connectivity index (χ3n) is 0.832. The Morgan fingerprint density at radius 2 is 2.00 bits per heavy atom. The molecule has 0 aromatic heterocycles. The molecule has 0 atom stereocenters. The summed E-state index contributed by atoms with van der Waals surface area (Å²) in [7, 11) is 0. The van der Waals surface area contributed by atoms with Gasteiger partial charge >= 0.3 is 5.97 Å². The van der Waals surface area contributed by atoms with Crippen molar-refractivity contribution in [3.63, 3.8) is 0 Å². The van der Waals surface area contributed by atoms with E-state index in [4.69, 9.17) is 9.47 Å². The zero-order valence-electron chi connectivity index (χ0n) is 7.38. The van der Waals surface area contributed by atoms with Gasteiger partial charge in [0.05, 0.1) is 6.10 Å². The fourth-order valence-corrected chi connectivity index (χ4v) is 0.525. The second-order valence-electron chi connectivity index (χ2n) is 2.37. The maximum Gasteiger partial charge on any atom is 0.310 e. The molecular formula is C8H14O3. The molecule has 0 aliphatic heterocycles. The smallest absolute Gasteiger partial charge is 0.310 e. The van der Waals surface area contributed by atoms with Crippen molar-refractivity contribution in [1.82, 2.24) is 0 Å². The van der Waals surface area contributed by atoms with Crippen molar-refractivity contribution in [3.8, 4) is 0 Å². The van der Waals surface area contributed by atoms with Gasteiger partial charge in [0.25, 0.3) is 5.95 Å². The molecule has 0 aliphatic carbocycles. The molecule has 0 saturated carbocycles. The number of carbonyl (C=O) groups excluding carboxylic acids is 1. The predicted molar refractivity (Wildman–Crippen MR) is 41.7 cm³/mol. The van der Waals surface area contributed by atoms with Crippen LogP contribution in [0.2, 0.25) is 0 Å². The molecule has 0 aliphatic rings. The van der Waals surface area contributed by atoms with Crippen molar-refractivity contribution in [2.45, 2.75) is 33.8 Å². The Kier molecular flexibility index (Phi) is 4.34. The van der Waals surface area contributed by atoms with E-state index in [1.807, 2.05) is 13.8 Å². The van der Waals surface area contributed by atoms with Crippen LogP contribution in [0.25, 0.3) is 0 Å². The van der Waals surface area contributed by atoms with Gasteiger partial charge in [-0.15, -0.1) is 0 Å². The number of hydrogen-bond donors (Lipinski definition) is 0. The van der Waals surface area contributed by atoms with E-state index in [0.717, 1.165) is 0 Å². The number of ether oxygens (including phenoxy) is 2. The standard InChI is InChI=1S/C8H14O3/c1-5-8(10-6(2)3)11-7(4)9/h5-6H,1-4H3. The van der Waals surface area contributed by atoms with Crippen molar-refractivity contribution < 1.29 is 14.3 Å². The molecule has 0 rings (SSSR count). The summed E-state index contributed by atoms with van der Waals surface area (Å²) in [4.78, 5) is 10.5. The number of hydrogen-bond acceptors (Lipinski definition) is 3. The molecule has 0 aromatic carbocycles. The van der Waals surface area contributed by atoms with Gasteiger partial charge in [-0.05, 0) is 26.8 Å². The van der Waals surface area contributed by atoms with Crippen LogP contribution in [0.3, 0.4) is 0 Å². The van der Waals surface area contributed by atoms with Gasteiger partial charge in [0.1, 0.15) is 0 Å². The maximum atomic E-state index is 10.5. The third-order valence-corrected chi connectivity index (χ3v) is 0.832. The molecule has 0 radical (unpaired) electrons. The van der Waals surface area contributed by atoms with Gasteiger partial charge in [-0.2, -0.15) is 0 Å². The molecule has 0 amide bonds. The minimum Gasteiger partial charge on any atom is -0.463 e. The summed E-state index contributed by atoms with van der Waals surface area (Å²) in [6, 6.07) is 0. The molecule has 11 heavy (non-hydrogen) atoms. The van der Waals surface area contributed by atoms with Crippen LogP contribution in [0.5, 0.6) is 0 Å². The molecule has 0 N–H and O–H groups in total. The fourth-order valence-electron chi connectivity index (χ4n) is 0.525. The maximum absolute atomic E-state index is 10.5. The van der Waals surface area contributed by atoms with Crippen molar-refractivity contribution in [2.24, 2.45) is 0 Å². The van der Waals surface area contributed by atoms with Crippen LogP contribution < -0.4 is 0 Å². The lowest BCUT2D eigenvalue weighted by Gasteiger charge is -2.11. The average molecular weight is 158 g/mol. The molecule has 0 fully saturated rings. The molecule has 0 bridgehead atoms. The summed E-state index contributed by atoms with van der Waals surface area (Å²) < 4.78 is 9.84. The van der Waals surface area contributed by atoms with Crippen molar-refractivity contribution in [3.05, 3.63) is 12.0 Å². The summed E-state index contributed by atoms with van der Waals surface area (Å²) in [5, 5.41) is 0. The van der Waals surface area contributed by atoms with Crippen LogP contribution in [-0.4, -0.2) is 12.1 Å². The lowest BCUT2D eigenvalue weighted by atomic mass is 10.5. The normalized spacial score (nSPS) is 11.5. The van der Waals surface area contributed by atoms with Gasteiger partial charge in [0, 0.05) is 6.92 Å². The monoisotopic (exact) mass is 158 g/mol. The predicted octanol–water partition coefficient (Wildman–Crippen LogP) is 1.84. The Morgan fingerprint density at radius 1 is 1.45 bits per heavy atom. The van der Waals surface area contributed by atoms with E-state index >= 15 is 0 Å². The summed E-state index contributed by atoms with van der Waals surface area (Å²) in [5.41, 5.74) is 0. The SMILES string of the molecule is CC=C(OC(C)=O)OC(C)C. The zero-order chi connectivity index (χ0) is 8.85. The van der Waals surface area contributed by atoms with E-state index in [1.165, 1.54) is 6.92 Å². The van der Waals surface area contributed by atoms with Crippen LogP contribution in [0, 0.1) is 0 Å². The van der Waals surface area contributed by atoms with E-state index < -0.39 is 0 Å². The average Bonchev–Trinajstić information content (AvgIpc) is 1.84. The Hall–Kier alpha value is -0.990. The van der Waals surface area contributed by atoms with E-state index in [2.05, 4.69) is 0 Å². The van der Waals surface area contributed by atoms with Gasteiger partial charge in [0.2, 0.25) is 0 Å². The number of esters is 1. The summed E-state index contributed by atoms with van der Waals surface area (Å²) in [6.45, 7) is 6.83. The van der Waals surface area contributed by atoms with Crippen molar-refractivity contribution >= 4 is 5.97 Å². The van der Waals surface area contributed by atoms with Crippen LogP contribution >= 0.6 is 0 Å². The Labute approximate surface area is 67.0 Å². The first kappa shape index (κ1) is 10.0. The first-order valence-corrected chi connectivity index (χ1v) is 3.57. The quantitative estimate of drug-likeness (QED) is 0.464. The van der Waals surface area contributed by atoms with Gasteiger partial charge in [-0.3, -0.25) is 4.79 Å². The highest BCUT2D eigenvalue weighted by Gasteiger charge is 2.03. The molecule has 64 valence electrons. The fraction of sp³-hybridized carbons (Fsp3) is 0.625. The van der Waals surface area contributed by atoms with E-state index in [-0.39, 0.29) is 18.0 Å². The summed E-state index contributed by atoms with van der Waals surface area (Å²) >= 11 is 0.